The highest BCUT2D eigenvalue weighted by Crippen LogP contribution is 2.24. The summed E-state index contributed by atoms with van der Waals surface area (Å²) in [5.41, 5.74) is 1.23. The van der Waals surface area contributed by atoms with Crippen molar-refractivity contribution in [2.45, 2.75) is 6.54 Å². The molecule has 0 spiro atoms. The lowest BCUT2D eigenvalue weighted by Crippen LogP contribution is -2.35. The molecule has 0 N–H and O–H groups in total. The third-order valence-electron chi connectivity index (χ3n) is 2.75. The molecule has 0 saturated carbocycles. The van der Waals surface area contributed by atoms with Crippen molar-refractivity contribution in [3.05, 3.63) is 28.2 Å². The van der Waals surface area contributed by atoms with E-state index in [1.807, 2.05) is 6.07 Å². The highest BCUT2D eigenvalue weighted by molar-refractivity contribution is 9.10. The summed E-state index contributed by atoms with van der Waals surface area (Å²) in [6, 6.07) is 6.17. The minimum Gasteiger partial charge on any atom is -0.496 e. The van der Waals surface area contributed by atoms with Crippen LogP contribution in [0.1, 0.15) is 5.56 Å². The highest BCUT2D eigenvalue weighted by atomic mass is 79.9. The molecule has 0 aromatic heterocycles. The molecule has 4 heteroatoms. The largest absolute Gasteiger partial charge is 0.496 e. The van der Waals surface area contributed by atoms with Crippen LogP contribution >= 0.6 is 15.9 Å². The van der Waals surface area contributed by atoms with Gasteiger partial charge in [0, 0.05) is 29.7 Å². The Labute approximate surface area is 104 Å². The Bertz CT molecular complexity index is 351. The molecule has 0 unspecified atom stereocenters. The molecule has 0 radical (unpaired) electrons. The normalized spacial score (nSPS) is 17.4. The number of morpholine rings is 1. The molecular weight excluding hydrogens is 270 g/mol. The summed E-state index contributed by atoms with van der Waals surface area (Å²) >= 11 is 3.45. The third-order valence-corrected chi connectivity index (χ3v) is 3.24. The quantitative estimate of drug-likeness (QED) is 0.851. The van der Waals surface area contributed by atoms with E-state index in [9.17, 15) is 0 Å². The lowest BCUT2D eigenvalue weighted by Gasteiger charge is -2.27. The van der Waals surface area contributed by atoms with Crippen LogP contribution in [-0.4, -0.2) is 38.3 Å². The van der Waals surface area contributed by atoms with Gasteiger partial charge in [-0.1, -0.05) is 22.0 Å². The van der Waals surface area contributed by atoms with Gasteiger partial charge < -0.3 is 9.47 Å². The van der Waals surface area contributed by atoms with Crippen molar-refractivity contribution in [3.8, 4) is 5.75 Å². The molecule has 1 heterocycles. The van der Waals surface area contributed by atoms with Crippen LogP contribution in [0, 0.1) is 0 Å². The van der Waals surface area contributed by atoms with E-state index in [-0.39, 0.29) is 0 Å². The van der Waals surface area contributed by atoms with E-state index in [1.165, 1.54) is 5.56 Å². The van der Waals surface area contributed by atoms with Gasteiger partial charge in [-0.3, -0.25) is 4.90 Å². The average molecular weight is 286 g/mol. The molecule has 0 bridgehead atoms. The zero-order valence-corrected chi connectivity index (χ0v) is 11.0. The van der Waals surface area contributed by atoms with Crippen molar-refractivity contribution in [2.75, 3.05) is 33.4 Å². The van der Waals surface area contributed by atoms with Crippen LogP contribution in [0.15, 0.2) is 22.7 Å². The van der Waals surface area contributed by atoms with E-state index >= 15 is 0 Å². The number of methoxy groups -OCH3 is 1. The fourth-order valence-corrected chi connectivity index (χ4v) is 2.19. The first-order valence-electron chi connectivity index (χ1n) is 5.42. The van der Waals surface area contributed by atoms with Crippen LogP contribution in [0.5, 0.6) is 5.75 Å². The number of benzene rings is 1. The number of hydrogen-bond donors (Lipinski definition) is 0. The van der Waals surface area contributed by atoms with Gasteiger partial charge in [-0.25, -0.2) is 0 Å². The van der Waals surface area contributed by atoms with Gasteiger partial charge in [0.1, 0.15) is 5.75 Å². The van der Waals surface area contributed by atoms with Gasteiger partial charge in [0.2, 0.25) is 0 Å². The molecule has 1 fully saturated rings. The van der Waals surface area contributed by atoms with Gasteiger partial charge in [-0.15, -0.1) is 0 Å². The molecule has 0 atom stereocenters. The molecule has 88 valence electrons. The molecule has 0 aliphatic carbocycles. The Kier molecular flexibility index (Phi) is 4.21. The zero-order valence-electron chi connectivity index (χ0n) is 9.41. The van der Waals surface area contributed by atoms with E-state index < -0.39 is 0 Å². The van der Waals surface area contributed by atoms with Crippen LogP contribution in [-0.2, 0) is 11.3 Å². The molecule has 1 saturated heterocycles. The second kappa shape index (κ2) is 5.66. The van der Waals surface area contributed by atoms with E-state index in [0.29, 0.717) is 0 Å². The van der Waals surface area contributed by atoms with Gasteiger partial charge in [0.05, 0.1) is 20.3 Å². The lowest BCUT2D eigenvalue weighted by molar-refractivity contribution is 0.0339. The molecule has 3 nitrogen and oxygen atoms in total. The summed E-state index contributed by atoms with van der Waals surface area (Å²) in [5, 5.41) is 0. The molecule has 1 aromatic carbocycles. The second-order valence-corrected chi connectivity index (χ2v) is 4.76. The predicted molar refractivity (Wildman–Crippen MR) is 66.8 cm³/mol. The van der Waals surface area contributed by atoms with E-state index in [2.05, 4.69) is 33.0 Å². The Morgan fingerprint density at radius 2 is 2.12 bits per heavy atom. The van der Waals surface area contributed by atoms with Crippen LogP contribution in [0.4, 0.5) is 0 Å². The summed E-state index contributed by atoms with van der Waals surface area (Å²) in [6.07, 6.45) is 0. The first-order chi connectivity index (χ1) is 7.79. The van der Waals surface area contributed by atoms with Crippen molar-refractivity contribution in [1.82, 2.24) is 4.90 Å². The number of rotatable bonds is 3. The maximum Gasteiger partial charge on any atom is 0.124 e. The third kappa shape index (κ3) is 2.97. The standard InChI is InChI=1S/C12H16BrNO2/c1-15-12-8-11(13)3-2-10(12)9-14-4-6-16-7-5-14/h2-3,8H,4-7,9H2,1H3. The van der Waals surface area contributed by atoms with E-state index in [0.717, 1.165) is 43.1 Å². The first-order valence-corrected chi connectivity index (χ1v) is 6.21. The van der Waals surface area contributed by atoms with Crippen molar-refractivity contribution < 1.29 is 9.47 Å². The molecule has 1 aliphatic heterocycles. The molecule has 1 aliphatic rings. The molecule has 16 heavy (non-hydrogen) atoms. The smallest absolute Gasteiger partial charge is 0.124 e. The monoisotopic (exact) mass is 285 g/mol. The van der Waals surface area contributed by atoms with Crippen LogP contribution in [0.2, 0.25) is 0 Å². The fourth-order valence-electron chi connectivity index (χ4n) is 1.85. The minimum atomic E-state index is 0.832. The van der Waals surface area contributed by atoms with Gasteiger partial charge >= 0.3 is 0 Å². The lowest BCUT2D eigenvalue weighted by atomic mass is 10.2. The number of nitrogens with zero attached hydrogens (tertiary/aromatic N) is 1. The highest BCUT2D eigenvalue weighted by Gasteiger charge is 2.13. The molecule has 2 rings (SSSR count). The number of hydrogen-bond acceptors (Lipinski definition) is 3. The van der Waals surface area contributed by atoms with Crippen molar-refractivity contribution >= 4 is 15.9 Å². The van der Waals surface area contributed by atoms with Gasteiger partial charge in [0.15, 0.2) is 0 Å². The fraction of sp³-hybridized carbons (Fsp3) is 0.500. The van der Waals surface area contributed by atoms with E-state index in [4.69, 9.17) is 9.47 Å². The molecule has 1 aromatic rings. The maximum atomic E-state index is 5.38. The van der Waals surface area contributed by atoms with Crippen LogP contribution < -0.4 is 4.74 Å². The Morgan fingerprint density at radius 3 is 2.81 bits per heavy atom. The summed E-state index contributed by atoms with van der Waals surface area (Å²) in [6.45, 7) is 4.59. The van der Waals surface area contributed by atoms with Gasteiger partial charge in [0.25, 0.3) is 0 Å². The summed E-state index contributed by atoms with van der Waals surface area (Å²) < 4.78 is 11.8. The Balaban J connectivity index is 2.07. The van der Waals surface area contributed by atoms with E-state index in [1.54, 1.807) is 7.11 Å². The maximum absolute atomic E-state index is 5.38. The first kappa shape index (κ1) is 11.9. The van der Waals surface area contributed by atoms with Gasteiger partial charge in [-0.2, -0.15) is 0 Å². The predicted octanol–water partition coefficient (Wildman–Crippen LogP) is 2.29. The second-order valence-electron chi connectivity index (χ2n) is 3.84. The van der Waals surface area contributed by atoms with Gasteiger partial charge in [-0.05, 0) is 12.1 Å². The Morgan fingerprint density at radius 1 is 1.38 bits per heavy atom. The number of ether oxygens (including phenoxy) is 2. The number of halogens is 1. The van der Waals surface area contributed by atoms with Crippen LogP contribution in [0.25, 0.3) is 0 Å². The summed E-state index contributed by atoms with van der Waals surface area (Å²) in [5.74, 6) is 0.945. The summed E-state index contributed by atoms with van der Waals surface area (Å²) in [7, 11) is 1.71. The van der Waals surface area contributed by atoms with Crippen molar-refractivity contribution in [3.63, 3.8) is 0 Å². The van der Waals surface area contributed by atoms with Crippen molar-refractivity contribution in [1.29, 1.82) is 0 Å². The zero-order chi connectivity index (χ0) is 11.4. The topological polar surface area (TPSA) is 21.7 Å². The minimum absolute atomic E-state index is 0.832. The average Bonchev–Trinajstić information content (AvgIpc) is 2.33. The SMILES string of the molecule is COc1cc(Br)ccc1CN1CCOCC1. The molecule has 0 amide bonds. The molecular formula is C12H16BrNO2. The van der Waals surface area contributed by atoms with Crippen LogP contribution in [0.3, 0.4) is 0 Å². The summed E-state index contributed by atoms with van der Waals surface area (Å²) in [4.78, 5) is 2.38. The Hall–Kier alpha value is -0.580. The van der Waals surface area contributed by atoms with Crippen molar-refractivity contribution in [2.24, 2.45) is 0 Å².